The third-order valence-electron chi connectivity index (χ3n) is 3.92. The number of rotatable bonds is 7. The summed E-state index contributed by atoms with van der Waals surface area (Å²) in [5.74, 6) is -0.140. The minimum Gasteiger partial charge on any atom is -0.354 e. The summed E-state index contributed by atoms with van der Waals surface area (Å²) in [6.07, 6.45) is 0.273. The zero-order valence-electron chi connectivity index (χ0n) is 14.2. The molecule has 1 fully saturated rings. The van der Waals surface area contributed by atoms with Gasteiger partial charge < -0.3 is 15.5 Å². The van der Waals surface area contributed by atoms with Crippen LogP contribution in [-0.2, 0) is 9.59 Å². The van der Waals surface area contributed by atoms with Crippen molar-refractivity contribution in [1.82, 2.24) is 15.5 Å². The third-order valence-corrected chi connectivity index (χ3v) is 3.92. The van der Waals surface area contributed by atoms with E-state index in [1.165, 1.54) is 0 Å². The van der Waals surface area contributed by atoms with Crippen molar-refractivity contribution >= 4 is 17.7 Å². The molecular formula is C18H25N3O3. The molecule has 6 nitrogen and oxygen atoms in total. The maximum absolute atomic E-state index is 12.1. The molecule has 2 N–H and O–H groups in total. The minimum absolute atomic E-state index is 0.0428. The van der Waals surface area contributed by atoms with E-state index in [4.69, 9.17) is 0 Å². The lowest BCUT2D eigenvalue weighted by molar-refractivity contribution is -0.129. The molecule has 1 aromatic carbocycles. The highest BCUT2D eigenvalue weighted by Crippen LogP contribution is 2.18. The molecule has 1 atom stereocenters. The molecule has 1 aliphatic rings. The molecule has 1 aliphatic heterocycles. The highest BCUT2D eigenvalue weighted by atomic mass is 16.2. The minimum atomic E-state index is -0.291. The van der Waals surface area contributed by atoms with E-state index in [1.807, 2.05) is 6.07 Å². The Morgan fingerprint density at radius 2 is 1.83 bits per heavy atom. The molecule has 130 valence electrons. The molecule has 1 aromatic rings. The van der Waals surface area contributed by atoms with Gasteiger partial charge >= 0.3 is 0 Å². The molecule has 24 heavy (non-hydrogen) atoms. The van der Waals surface area contributed by atoms with Gasteiger partial charge in [0.05, 0.1) is 5.92 Å². The van der Waals surface area contributed by atoms with Gasteiger partial charge in [0.2, 0.25) is 11.8 Å². The summed E-state index contributed by atoms with van der Waals surface area (Å²) in [5, 5.41) is 5.55. The number of amides is 3. The Hall–Kier alpha value is -2.37. The van der Waals surface area contributed by atoms with Gasteiger partial charge in [-0.05, 0) is 18.1 Å². The van der Waals surface area contributed by atoms with E-state index in [1.54, 1.807) is 29.2 Å². The summed E-state index contributed by atoms with van der Waals surface area (Å²) in [7, 11) is 0. The average molecular weight is 331 g/mol. The molecule has 0 aliphatic carbocycles. The van der Waals surface area contributed by atoms with Crippen molar-refractivity contribution in [3.8, 4) is 0 Å². The Bertz CT molecular complexity index is 586. The lowest BCUT2D eigenvalue weighted by atomic mass is 10.1. The number of nitrogens with zero attached hydrogens (tertiary/aromatic N) is 1. The monoisotopic (exact) mass is 331 g/mol. The van der Waals surface area contributed by atoms with Gasteiger partial charge in [-0.25, -0.2) is 0 Å². The fourth-order valence-electron chi connectivity index (χ4n) is 2.76. The van der Waals surface area contributed by atoms with Crippen LogP contribution in [0.4, 0.5) is 0 Å². The Morgan fingerprint density at radius 3 is 2.50 bits per heavy atom. The fourth-order valence-corrected chi connectivity index (χ4v) is 2.76. The van der Waals surface area contributed by atoms with Crippen LogP contribution in [-0.4, -0.2) is 48.8 Å². The maximum Gasteiger partial charge on any atom is 0.251 e. The molecule has 6 heteroatoms. The second-order valence-electron chi connectivity index (χ2n) is 6.51. The van der Waals surface area contributed by atoms with Gasteiger partial charge in [0.25, 0.3) is 5.91 Å². The smallest absolute Gasteiger partial charge is 0.251 e. The van der Waals surface area contributed by atoms with E-state index in [0.29, 0.717) is 37.7 Å². The lowest BCUT2D eigenvalue weighted by Gasteiger charge is -2.18. The second kappa shape index (κ2) is 8.47. The number of likely N-dealkylation sites (tertiary alicyclic amines) is 1. The van der Waals surface area contributed by atoms with Crippen molar-refractivity contribution in [2.24, 2.45) is 11.8 Å². The van der Waals surface area contributed by atoms with Crippen LogP contribution in [0.15, 0.2) is 30.3 Å². The summed E-state index contributed by atoms with van der Waals surface area (Å²) >= 11 is 0. The number of nitrogens with one attached hydrogen (secondary N) is 2. The van der Waals surface area contributed by atoms with Crippen LogP contribution in [0.5, 0.6) is 0 Å². The van der Waals surface area contributed by atoms with Crippen molar-refractivity contribution in [3.63, 3.8) is 0 Å². The number of hydrogen-bond acceptors (Lipinski definition) is 3. The van der Waals surface area contributed by atoms with Crippen LogP contribution in [0, 0.1) is 11.8 Å². The lowest BCUT2D eigenvalue weighted by Crippen LogP contribution is -2.38. The van der Waals surface area contributed by atoms with E-state index in [2.05, 4.69) is 24.5 Å². The van der Waals surface area contributed by atoms with Crippen molar-refractivity contribution in [2.45, 2.75) is 20.3 Å². The summed E-state index contributed by atoms with van der Waals surface area (Å²) < 4.78 is 0. The molecule has 0 bridgehead atoms. The van der Waals surface area contributed by atoms with E-state index in [0.717, 1.165) is 0 Å². The molecule has 0 unspecified atom stereocenters. The Morgan fingerprint density at radius 1 is 1.17 bits per heavy atom. The van der Waals surface area contributed by atoms with Crippen molar-refractivity contribution in [3.05, 3.63) is 35.9 Å². The van der Waals surface area contributed by atoms with E-state index >= 15 is 0 Å². The SMILES string of the molecule is CC(C)CN1C[C@@H](C(=O)NCCNC(=O)c2ccccc2)CC1=O. The number of carbonyl (C=O) groups is 3. The van der Waals surface area contributed by atoms with Crippen molar-refractivity contribution in [1.29, 1.82) is 0 Å². The third kappa shape index (κ3) is 5.08. The summed E-state index contributed by atoms with van der Waals surface area (Å²) in [5.41, 5.74) is 0.592. The first-order valence-corrected chi connectivity index (χ1v) is 8.36. The number of hydrogen-bond donors (Lipinski definition) is 2. The van der Waals surface area contributed by atoms with Crippen LogP contribution < -0.4 is 10.6 Å². The van der Waals surface area contributed by atoms with Crippen LogP contribution in [0.2, 0.25) is 0 Å². The number of benzene rings is 1. The standard InChI is InChI=1S/C18H25N3O3/c1-13(2)11-21-12-15(10-16(21)22)18(24)20-9-8-19-17(23)14-6-4-3-5-7-14/h3-7,13,15H,8-12H2,1-2H3,(H,19,23)(H,20,24)/t15-/m0/s1. The highest BCUT2D eigenvalue weighted by molar-refractivity contribution is 5.94. The van der Waals surface area contributed by atoms with Crippen LogP contribution >= 0.6 is 0 Å². The summed E-state index contributed by atoms with van der Waals surface area (Å²) in [6.45, 7) is 5.99. The molecular weight excluding hydrogens is 306 g/mol. The molecule has 2 rings (SSSR count). The average Bonchev–Trinajstić information content (AvgIpc) is 2.92. The van der Waals surface area contributed by atoms with Gasteiger partial charge in [0, 0.05) is 38.2 Å². The van der Waals surface area contributed by atoms with Crippen LogP contribution in [0.3, 0.4) is 0 Å². The predicted octanol–water partition coefficient (Wildman–Crippen LogP) is 1.04. The van der Waals surface area contributed by atoms with Gasteiger partial charge in [-0.3, -0.25) is 14.4 Å². The largest absolute Gasteiger partial charge is 0.354 e. The van der Waals surface area contributed by atoms with Gasteiger partial charge in [-0.1, -0.05) is 32.0 Å². The molecule has 0 aromatic heterocycles. The maximum atomic E-state index is 12.1. The van der Waals surface area contributed by atoms with Crippen LogP contribution in [0.25, 0.3) is 0 Å². The Balaban J connectivity index is 1.68. The highest BCUT2D eigenvalue weighted by Gasteiger charge is 2.34. The molecule has 3 amide bonds. The molecule has 0 spiro atoms. The van der Waals surface area contributed by atoms with Gasteiger partial charge in [-0.15, -0.1) is 0 Å². The van der Waals surface area contributed by atoms with Crippen LogP contribution in [0.1, 0.15) is 30.6 Å². The zero-order chi connectivity index (χ0) is 17.5. The van der Waals surface area contributed by atoms with E-state index < -0.39 is 0 Å². The van der Waals surface area contributed by atoms with Gasteiger partial charge in [0.1, 0.15) is 0 Å². The zero-order valence-corrected chi connectivity index (χ0v) is 14.2. The van der Waals surface area contributed by atoms with Gasteiger partial charge in [-0.2, -0.15) is 0 Å². The quantitative estimate of drug-likeness (QED) is 0.733. The first-order chi connectivity index (χ1) is 11.5. The molecule has 0 saturated carbocycles. The molecule has 1 heterocycles. The molecule has 0 radical (unpaired) electrons. The van der Waals surface area contributed by atoms with Crippen molar-refractivity contribution in [2.75, 3.05) is 26.2 Å². The Kier molecular flexibility index (Phi) is 6.35. The topological polar surface area (TPSA) is 78.5 Å². The first kappa shape index (κ1) is 18.0. The molecule has 1 saturated heterocycles. The number of carbonyl (C=O) groups excluding carboxylic acids is 3. The second-order valence-corrected chi connectivity index (χ2v) is 6.51. The summed E-state index contributed by atoms with van der Waals surface area (Å²) in [4.78, 5) is 37.6. The fraction of sp³-hybridized carbons (Fsp3) is 0.500. The predicted molar refractivity (Wildman–Crippen MR) is 91.3 cm³/mol. The summed E-state index contributed by atoms with van der Waals surface area (Å²) in [6, 6.07) is 8.93. The normalized spacial score (nSPS) is 17.2. The first-order valence-electron chi connectivity index (χ1n) is 8.36. The van der Waals surface area contributed by atoms with E-state index in [9.17, 15) is 14.4 Å². The van der Waals surface area contributed by atoms with E-state index in [-0.39, 0.29) is 30.1 Å². The van der Waals surface area contributed by atoms with Gasteiger partial charge in [0.15, 0.2) is 0 Å². The Labute approximate surface area is 142 Å². The van der Waals surface area contributed by atoms with Crippen molar-refractivity contribution < 1.29 is 14.4 Å².